The second-order valence-corrected chi connectivity index (χ2v) is 11.4. The predicted molar refractivity (Wildman–Crippen MR) is 107 cm³/mol. The fraction of sp³-hybridized carbons (Fsp3) is 0.895. The average molecular weight is 453 g/mol. The first-order chi connectivity index (χ1) is 13.7. The second kappa shape index (κ2) is 11.3. The summed E-state index contributed by atoms with van der Waals surface area (Å²) in [5, 5.41) is 0. The number of hydrogen-bond donors (Lipinski definition) is 0. The van der Waals surface area contributed by atoms with E-state index in [1.807, 2.05) is 0 Å². The fourth-order valence-corrected chi connectivity index (χ4v) is 5.94. The summed E-state index contributed by atoms with van der Waals surface area (Å²) in [6.07, 6.45) is 9.00. The topological polar surface area (TPSA) is 121 Å². The molecule has 2 aliphatic carbocycles. The standard InChI is InChI=1S/C19H32O8S2/c20-18(16-10-4-1-5-11-16)26-28(22,23)14-8-3-9-15-29(24,25)27-19(21)17-12-6-2-7-13-17/h16-17H,1-15H2. The molecular weight excluding hydrogens is 420 g/mol. The first-order valence-electron chi connectivity index (χ1n) is 10.6. The third kappa shape index (κ3) is 9.02. The smallest absolute Gasteiger partial charge is 0.325 e. The van der Waals surface area contributed by atoms with E-state index in [-0.39, 0.29) is 36.2 Å². The van der Waals surface area contributed by atoms with Gasteiger partial charge < -0.3 is 8.37 Å². The quantitative estimate of drug-likeness (QED) is 0.366. The maximum absolute atomic E-state index is 11.9. The normalized spacial score (nSPS) is 19.6. The summed E-state index contributed by atoms with van der Waals surface area (Å²) >= 11 is 0. The molecule has 168 valence electrons. The summed E-state index contributed by atoms with van der Waals surface area (Å²) in [5.41, 5.74) is 0. The molecule has 0 bridgehead atoms. The molecule has 0 saturated heterocycles. The van der Waals surface area contributed by atoms with E-state index in [4.69, 9.17) is 8.37 Å². The Balaban J connectivity index is 1.64. The van der Waals surface area contributed by atoms with Crippen molar-refractivity contribution in [3.63, 3.8) is 0 Å². The van der Waals surface area contributed by atoms with Gasteiger partial charge in [0, 0.05) is 0 Å². The minimum Gasteiger partial charge on any atom is -0.345 e. The van der Waals surface area contributed by atoms with Crippen molar-refractivity contribution in [2.45, 2.75) is 83.5 Å². The first kappa shape index (κ1) is 24.1. The Kier molecular flexibility index (Phi) is 9.39. The first-order valence-corrected chi connectivity index (χ1v) is 13.8. The molecule has 8 nitrogen and oxygen atoms in total. The van der Waals surface area contributed by atoms with Gasteiger partial charge in [-0.05, 0) is 38.5 Å². The molecule has 2 saturated carbocycles. The van der Waals surface area contributed by atoms with Gasteiger partial charge in [0.2, 0.25) is 0 Å². The van der Waals surface area contributed by atoms with E-state index < -0.39 is 32.2 Å². The van der Waals surface area contributed by atoms with Crippen molar-refractivity contribution in [3.05, 3.63) is 0 Å². The van der Waals surface area contributed by atoms with Crippen LogP contribution in [0.3, 0.4) is 0 Å². The van der Waals surface area contributed by atoms with Crippen molar-refractivity contribution < 1.29 is 34.8 Å². The highest BCUT2D eigenvalue weighted by Gasteiger charge is 2.28. The lowest BCUT2D eigenvalue weighted by molar-refractivity contribution is -0.140. The van der Waals surface area contributed by atoms with Gasteiger partial charge in [-0.25, -0.2) is 0 Å². The highest BCUT2D eigenvalue weighted by atomic mass is 32.2. The average Bonchev–Trinajstić information content (AvgIpc) is 2.68. The van der Waals surface area contributed by atoms with Crippen LogP contribution in [0.15, 0.2) is 0 Å². The summed E-state index contributed by atoms with van der Waals surface area (Å²) in [6, 6.07) is 0. The zero-order chi connectivity index (χ0) is 21.3. The minimum atomic E-state index is -3.96. The Morgan fingerprint density at radius 1 is 0.586 bits per heavy atom. The van der Waals surface area contributed by atoms with Crippen molar-refractivity contribution in [1.29, 1.82) is 0 Å². The van der Waals surface area contributed by atoms with Crippen molar-refractivity contribution in [2.75, 3.05) is 11.5 Å². The third-order valence-corrected chi connectivity index (χ3v) is 8.00. The Morgan fingerprint density at radius 2 is 0.931 bits per heavy atom. The maximum Gasteiger partial charge on any atom is 0.325 e. The van der Waals surface area contributed by atoms with Crippen LogP contribution >= 0.6 is 0 Å². The van der Waals surface area contributed by atoms with Crippen LogP contribution in [0.2, 0.25) is 0 Å². The van der Waals surface area contributed by atoms with E-state index in [0.29, 0.717) is 32.1 Å². The summed E-state index contributed by atoms with van der Waals surface area (Å²) < 4.78 is 57.1. The molecule has 0 atom stereocenters. The molecule has 0 spiro atoms. The third-order valence-electron chi connectivity index (χ3n) is 5.58. The Bertz CT molecular complexity index is 681. The van der Waals surface area contributed by atoms with E-state index in [1.54, 1.807) is 0 Å². The zero-order valence-corrected chi connectivity index (χ0v) is 18.5. The van der Waals surface area contributed by atoms with Gasteiger partial charge in [0.1, 0.15) is 0 Å². The van der Waals surface area contributed by atoms with Gasteiger partial charge in [-0.3, -0.25) is 9.59 Å². The molecule has 2 fully saturated rings. The van der Waals surface area contributed by atoms with E-state index in [1.165, 1.54) is 0 Å². The number of hydrogen-bond acceptors (Lipinski definition) is 8. The van der Waals surface area contributed by atoms with Crippen LogP contribution in [0.5, 0.6) is 0 Å². The summed E-state index contributed by atoms with van der Waals surface area (Å²) in [5.74, 6) is -2.73. The fourth-order valence-electron chi connectivity index (χ4n) is 3.88. The van der Waals surface area contributed by atoms with Gasteiger partial charge >= 0.3 is 32.2 Å². The van der Waals surface area contributed by atoms with E-state index in [2.05, 4.69) is 0 Å². The van der Waals surface area contributed by atoms with Crippen LogP contribution in [0.25, 0.3) is 0 Å². The molecule has 2 aliphatic rings. The molecule has 10 heteroatoms. The summed E-state index contributed by atoms with van der Waals surface area (Å²) in [6.45, 7) is 0. The molecule has 0 aromatic rings. The van der Waals surface area contributed by atoms with Crippen molar-refractivity contribution in [2.24, 2.45) is 11.8 Å². The summed E-state index contributed by atoms with van der Waals surface area (Å²) in [7, 11) is -7.93. The highest BCUT2D eigenvalue weighted by Crippen LogP contribution is 2.26. The van der Waals surface area contributed by atoms with Gasteiger partial charge in [-0.2, -0.15) is 16.8 Å². The van der Waals surface area contributed by atoms with Crippen LogP contribution in [0, 0.1) is 11.8 Å². The predicted octanol–water partition coefficient (Wildman–Crippen LogP) is 3.06. The minimum absolute atomic E-state index is 0.173. The van der Waals surface area contributed by atoms with E-state index >= 15 is 0 Å². The molecule has 0 heterocycles. The largest absolute Gasteiger partial charge is 0.345 e. The van der Waals surface area contributed by atoms with Gasteiger partial charge in [0.25, 0.3) is 0 Å². The lowest BCUT2D eigenvalue weighted by Crippen LogP contribution is -2.25. The van der Waals surface area contributed by atoms with E-state index in [9.17, 15) is 26.4 Å². The van der Waals surface area contributed by atoms with Gasteiger partial charge in [0.15, 0.2) is 0 Å². The molecule has 0 aliphatic heterocycles. The molecule has 0 aromatic heterocycles. The number of unbranched alkanes of at least 4 members (excludes halogenated alkanes) is 2. The van der Waals surface area contributed by atoms with Gasteiger partial charge in [0.05, 0.1) is 23.3 Å². The molecule has 29 heavy (non-hydrogen) atoms. The van der Waals surface area contributed by atoms with Gasteiger partial charge in [-0.1, -0.05) is 44.9 Å². The highest BCUT2D eigenvalue weighted by molar-refractivity contribution is 7.87. The van der Waals surface area contributed by atoms with E-state index in [0.717, 1.165) is 38.5 Å². The molecular formula is C19H32O8S2. The van der Waals surface area contributed by atoms with Gasteiger partial charge in [-0.15, -0.1) is 0 Å². The number of rotatable bonds is 10. The van der Waals surface area contributed by atoms with Crippen LogP contribution in [0.4, 0.5) is 0 Å². The molecule has 2 rings (SSSR count). The second-order valence-electron chi connectivity index (χ2n) is 8.06. The van der Waals surface area contributed by atoms with Crippen LogP contribution in [-0.2, 0) is 38.2 Å². The SMILES string of the molecule is O=C(OS(=O)(=O)CCCCCS(=O)(=O)OC(=O)C1CCCCC1)C1CCCCC1. The Hall–Kier alpha value is -1.16. The van der Waals surface area contributed by atoms with Crippen molar-refractivity contribution >= 4 is 32.2 Å². The molecule has 0 radical (unpaired) electrons. The molecule has 0 N–H and O–H groups in total. The Morgan fingerprint density at radius 3 is 1.28 bits per heavy atom. The van der Waals surface area contributed by atoms with Crippen molar-refractivity contribution in [3.8, 4) is 0 Å². The number of carbonyl (C=O) groups excluding carboxylic acids is 2. The van der Waals surface area contributed by atoms with Crippen LogP contribution < -0.4 is 0 Å². The lowest BCUT2D eigenvalue weighted by Gasteiger charge is -2.19. The molecule has 0 unspecified atom stereocenters. The van der Waals surface area contributed by atoms with Crippen molar-refractivity contribution in [1.82, 2.24) is 0 Å². The summed E-state index contributed by atoms with van der Waals surface area (Å²) in [4.78, 5) is 23.9. The molecule has 0 aromatic carbocycles. The monoisotopic (exact) mass is 452 g/mol. The number of carbonyl (C=O) groups is 2. The lowest BCUT2D eigenvalue weighted by atomic mass is 9.90. The Labute approximate surface area is 174 Å². The molecule has 0 amide bonds. The van der Waals surface area contributed by atoms with Crippen LogP contribution in [-0.4, -0.2) is 40.3 Å². The van der Waals surface area contributed by atoms with Crippen LogP contribution in [0.1, 0.15) is 83.5 Å². The zero-order valence-electron chi connectivity index (χ0n) is 16.8. The maximum atomic E-state index is 11.9.